The average molecular weight is 715 g/mol. The van der Waals surface area contributed by atoms with Crippen LogP contribution >= 0.6 is 0 Å². The molecule has 2 aliphatic carbocycles. The van der Waals surface area contributed by atoms with Crippen molar-refractivity contribution in [2.45, 2.75) is 6.42 Å². The summed E-state index contributed by atoms with van der Waals surface area (Å²) in [4.78, 5) is 10.3. The van der Waals surface area contributed by atoms with Gasteiger partial charge in [-0.1, -0.05) is 103 Å². The number of benzene rings is 7. The zero-order valence-corrected chi connectivity index (χ0v) is 30.1. The molecule has 0 radical (unpaired) electrons. The molecular weight excluding hydrogens is 685 g/mol. The second-order valence-electron chi connectivity index (χ2n) is 15.0. The van der Waals surface area contributed by atoms with Crippen LogP contribution in [0.25, 0.3) is 110 Å². The van der Waals surface area contributed by atoms with Gasteiger partial charge in [0.05, 0.1) is 33.4 Å². The van der Waals surface area contributed by atoms with Crippen LogP contribution in [0, 0.1) is 0 Å². The van der Waals surface area contributed by atoms with E-state index < -0.39 is 0 Å². The maximum absolute atomic E-state index is 6.58. The molecule has 0 spiro atoms. The molecule has 5 aromatic heterocycles. The first-order valence-electron chi connectivity index (χ1n) is 19.1. The Morgan fingerprint density at radius 2 is 1.18 bits per heavy atom. The van der Waals surface area contributed by atoms with Crippen molar-refractivity contribution in [2.24, 2.45) is 0 Å². The molecule has 5 heteroatoms. The summed E-state index contributed by atoms with van der Waals surface area (Å²) in [5, 5.41) is 8.15. The summed E-state index contributed by atoms with van der Waals surface area (Å²) >= 11 is 0. The largest absolute Gasteiger partial charge is 0.456 e. The third kappa shape index (κ3) is 4.14. The normalized spacial score (nSPS) is 12.6. The van der Waals surface area contributed by atoms with Gasteiger partial charge in [-0.15, -0.1) is 0 Å². The Bertz CT molecular complexity index is 3620. The molecule has 2 bridgehead atoms. The quantitative estimate of drug-likeness (QED) is 0.182. The Balaban J connectivity index is 1.10. The molecule has 5 nitrogen and oxygen atoms in total. The van der Waals surface area contributed by atoms with Gasteiger partial charge >= 0.3 is 0 Å². The van der Waals surface area contributed by atoms with Gasteiger partial charge in [0.25, 0.3) is 0 Å². The summed E-state index contributed by atoms with van der Waals surface area (Å²) in [6, 6.07) is 60.8. The Morgan fingerprint density at radius 3 is 2.04 bits per heavy atom. The molecule has 2 aliphatic rings. The monoisotopic (exact) mass is 714 g/mol. The summed E-state index contributed by atoms with van der Waals surface area (Å²) in [5.41, 5.74) is 15.3. The van der Waals surface area contributed by atoms with Crippen LogP contribution in [-0.2, 0) is 6.42 Å². The number of pyridine rings is 2. The SMILES string of the molecule is c1ccc(-c2ccc3ccc(-n4c5ccccc5c5ccc(-c6cc7c(cc6-n6c8ccccc8c8cc9cc(c86)C9)oc6ccccc67)cc54)nc3n2)cc1. The van der Waals surface area contributed by atoms with E-state index in [-0.39, 0.29) is 0 Å². The molecule has 0 aliphatic heterocycles. The Kier molecular flexibility index (Phi) is 5.89. The smallest absolute Gasteiger partial charge is 0.162 e. The summed E-state index contributed by atoms with van der Waals surface area (Å²) in [6.45, 7) is 0. The lowest BCUT2D eigenvalue weighted by molar-refractivity contribution is 0.668. The van der Waals surface area contributed by atoms with Crippen LogP contribution in [-0.4, -0.2) is 19.1 Å². The molecule has 0 saturated carbocycles. The van der Waals surface area contributed by atoms with E-state index in [4.69, 9.17) is 14.4 Å². The number of nitrogens with zero attached hydrogens (tertiary/aromatic N) is 4. The summed E-state index contributed by atoms with van der Waals surface area (Å²) < 4.78 is 11.4. The number of furan rings is 1. The van der Waals surface area contributed by atoms with Crippen molar-refractivity contribution < 1.29 is 4.42 Å². The predicted molar refractivity (Wildman–Crippen MR) is 229 cm³/mol. The topological polar surface area (TPSA) is 48.8 Å². The molecule has 0 unspecified atom stereocenters. The third-order valence-electron chi connectivity index (χ3n) is 11.9. The van der Waals surface area contributed by atoms with Crippen LogP contribution in [0.3, 0.4) is 0 Å². The first-order chi connectivity index (χ1) is 27.7. The molecular formula is C51H30N4O. The summed E-state index contributed by atoms with van der Waals surface area (Å²) in [7, 11) is 0. The minimum atomic E-state index is 0.720. The van der Waals surface area contributed by atoms with Gasteiger partial charge in [0.15, 0.2) is 5.65 Å². The van der Waals surface area contributed by atoms with E-state index in [1.807, 2.05) is 24.3 Å². The second-order valence-corrected chi connectivity index (χ2v) is 15.0. The zero-order chi connectivity index (χ0) is 36.5. The molecule has 12 aromatic rings. The highest BCUT2D eigenvalue weighted by atomic mass is 16.3. The van der Waals surface area contributed by atoms with Gasteiger partial charge in [-0.05, 0) is 83.8 Å². The fourth-order valence-corrected chi connectivity index (χ4v) is 9.27. The first-order valence-corrected chi connectivity index (χ1v) is 19.1. The number of para-hydroxylation sites is 3. The molecule has 0 N–H and O–H groups in total. The van der Waals surface area contributed by atoms with Gasteiger partial charge in [0.1, 0.15) is 17.0 Å². The van der Waals surface area contributed by atoms with E-state index in [0.717, 1.165) is 84.3 Å². The van der Waals surface area contributed by atoms with E-state index >= 15 is 0 Å². The van der Waals surface area contributed by atoms with Crippen molar-refractivity contribution in [3.8, 4) is 33.9 Å². The average Bonchev–Trinajstić information content (AvgIpc) is 3.90. The van der Waals surface area contributed by atoms with Gasteiger partial charge in [0, 0.05) is 54.9 Å². The zero-order valence-electron chi connectivity index (χ0n) is 30.1. The highest BCUT2D eigenvalue weighted by molar-refractivity contribution is 6.15. The van der Waals surface area contributed by atoms with Crippen LogP contribution < -0.4 is 0 Å². The Hall–Kier alpha value is -7.50. The highest BCUT2D eigenvalue weighted by Gasteiger charge is 2.25. The molecule has 0 atom stereocenters. The van der Waals surface area contributed by atoms with Crippen LogP contribution in [0.2, 0.25) is 0 Å². The van der Waals surface area contributed by atoms with Crippen LogP contribution in [0.1, 0.15) is 11.1 Å². The van der Waals surface area contributed by atoms with Crippen LogP contribution in [0.15, 0.2) is 174 Å². The minimum absolute atomic E-state index is 0.720. The van der Waals surface area contributed by atoms with Crippen molar-refractivity contribution in [2.75, 3.05) is 0 Å². The Morgan fingerprint density at radius 1 is 0.464 bits per heavy atom. The standard InChI is InChI=1S/C51H30N4O/c1-2-10-31(11-3-1)42-22-19-32-20-23-49(53-51(32)52-42)54-43-15-7-4-12-35(43)37-21-18-33(27-45(37)54)39-28-40-38-14-6-9-17-47(38)56-48(40)29-46(39)55-44-16-8-5-13-36(44)41-26-30-24-34(25-30)50(41)55/h1-24,26-29H,25H2. The predicted octanol–water partition coefficient (Wildman–Crippen LogP) is 13.0. The minimum Gasteiger partial charge on any atom is -0.456 e. The van der Waals surface area contributed by atoms with Crippen molar-refractivity contribution in [1.82, 2.24) is 19.1 Å². The van der Waals surface area contributed by atoms with Crippen molar-refractivity contribution in [1.29, 1.82) is 0 Å². The lowest BCUT2D eigenvalue weighted by Gasteiger charge is -2.20. The molecule has 0 amide bonds. The summed E-state index contributed by atoms with van der Waals surface area (Å²) in [6.07, 6.45) is 0.998. The van der Waals surface area contributed by atoms with E-state index in [0.29, 0.717) is 0 Å². The molecule has 7 aromatic carbocycles. The van der Waals surface area contributed by atoms with E-state index in [1.54, 1.807) is 0 Å². The fraction of sp³-hybridized carbons (Fsp3) is 0.0196. The molecule has 14 rings (SSSR count). The number of rotatable bonds is 4. The summed E-state index contributed by atoms with van der Waals surface area (Å²) in [5.74, 6) is 0.833. The van der Waals surface area contributed by atoms with Gasteiger partial charge in [-0.3, -0.25) is 4.57 Å². The van der Waals surface area contributed by atoms with Crippen molar-refractivity contribution in [3.63, 3.8) is 0 Å². The first kappa shape index (κ1) is 29.9. The Labute approximate surface area is 320 Å². The second kappa shape index (κ2) is 11.0. The molecule has 0 saturated heterocycles. The van der Waals surface area contributed by atoms with Gasteiger partial charge in [-0.25, -0.2) is 9.97 Å². The highest BCUT2D eigenvalue weighted by Crippen LogP contribution is 2.45. The molecule has 5 heterocycles. The number of hydrogen-bond acceptors (Lipinski definition) is 3. The van der Waals surface area contributed by atoms with Crippen molar-refractivity contribution >= 4 is 76.6 Å². The van der Waals surface area contributed by atoms with Crippen LogP contribution in [0.4, 0.5) is 0 Å². The lowest BCUT2D eigenvalue weighted by Crippen LogP contribution is -2.06. The third-order valence-corrected chi connectivity index (χ3v) is 11.9. The fourth-order valence-electron chi connectivity index (χ4n) is 9.27. The van der Waals surface area contributed by atoms with E-state index in [2.05, 4.69) is 155 Å². The number of aromatic nitrogens is 4. The lowest BCUT2D eigenvalue weighted by atomic mass is 9.89. The van der Waals surface area contributed by atoms with E-state index in [1.165, 1.54) is 43.7 Å². The van der Waals surface area contributed by atoms with Crippen LogP contribution in [0.5, 0.6) is 0 Å². The van der Waals surface area contributed by atoms with Gasteiger partial charge in [0.2, 0.25) is 0 Å². The molecule has 260 valence electrons. The maximum Gasteiger partial charge on any atom is 0.162 e. The van der Waals surface area contributed by atoms with E-state index in [9.17, 15) is 0 Å². The van der Waals surface area contributed by atoms with Crippen molar-refractivity contribution in [3.05, 3.63) is 181 Å². The maximum atomic E-state index is 6.58. The number of hydrogen-bond donors (Lipinski definition) is 0. The van der Waals surface area contributed by atoms with Gasteiger partial charge in [-0.2, -0.15) is 0 Å². The van der Waals surface area contributed by atoms with Gasteiger partial charge < -0.3 is 8.98 Å². The molecule has 0 fully saturated rings. The number of fused-ring (bicyclic) bond motifs is 8. The molecule has 56 heavy (non-hydrogen) atoms.